The van der Waals surface area contributed by atoms with Crippen molar-refractivity contribution < 1.29 is 4.79 Å². The number of primary amides is 1. The van der Waals surface area contributed by atoms with Gasteiger partial charge in [-0.25, -0.2) is 9.67 Å². The van der Waals surface area contributed by atoms with E-state index < -0.39 is 5.91 Å². The molecule has 7 heteroatoms. The van der Waals surface area contributed by atoms with Gasteiger partial charge in [0.1, 0.15) is 0 Å². The van der Waals surface area contributed by atoms with Crippen LogP contribution in [0.2, 0.25) is 5.02 Å². The molecule has 2 aromatic rings. The highest BCUT2D eigenvalue weighted by Gasteiger charge is 2.12. The molecule has 82 valence electrons. The minimum atomic E-state index is -0.676. The number of nitrogens with zero attached hydrogens (tertiary/aromatic N) is 3. The quantitative estimate of drug-likeness (QED) is 0.799. The van der Waals surface area contributed by atoms with E-state index in [1.807, 2.05) is 0 Å². The molecule has 0 spiro atoms. The predicted molar refractivity (Wildman–Crippen MR) is 59.3 cm³/mol. The minimum Gasteiger partial charge on any atom is -0.396 e. The summed E-state index contributed by atoms with van der Waals surface area (Å²) in [6.07, 6.45) is 2.94. The van der Waals surface area contributed by atoms with Gasteiger partial charge in [-0.15, -0.1) is 0 Å². The van der Waals surface area contributed by atoms with Crippen molar-refractivity contribution in [1.29, 1.82) is 0 Å². The van der Waals surface area contributed by atoms with Crippen LogP contribution in [0.25, 0.3) is 5.82 Å². The SMILES string of the molecule is NC(=O)c1nn(-c2ccc(Cl)cn2)cc1N. The van der Waals surface area contributed by atoms with Crippen LogP contribution < -0.4 is 11.5 Å². The van der Waals surface area contributed by atoms with Gasteiger partial charge >= 0.3 is 0 Å². The third kappa shape index (κ3) is 1.82. The topological polar surface area (TPSA) is 99.8 Å². The van der Waals surface area contributed by atoms with Crippen LogP contribution in [0.15, 0.2) is 24.5 Å². The summed E-state index contributed by atoms with van der Waals surface area (Å²) in [7, 11) is 0. The summed E-state index contributed by atoms with van der Waals surface area (Å²) in [5.41, 5.74) is 10.9. The summed E-state index contributed by atoms with van der Waals surface area (Å²) in [5.74, 6) is -0.172. The lowest BCUT2D eigenvalue weighted by Crippen LogP contribution is -2.14. The fourth-order valence-electron chi connectivity index (χ4n) is 1.20. The third-order valence-electron chi connectivity index (χ3n) is 1.92. The van der Waals surface area contributed by atoms with Crippen LogP contribution in [-0.4, -0.2) is 20.7 Å². The molecule has 0 saturated carbocycles. The molecule has 2 heterocycles. The van der Waals surface area contributed by atoms with Gasteiger partial charge in [0.05, 0.1) is 16.9 Å². The molecular weight excluding hydrogens is 230 g/mol. The van der Waals surface area contributed by atoms with Gasteiger partial charge in [0.15, 0.2) is 11.5 Å². The number of rotatable bonds is 2. The van der Waals surface area contributed by atoms with E-state index in [0.29, 0.717) is 10.8 Å². The Morgan fingerprint density at radius 2 is 2.19 bits per heavy atom. The van der Waals surface area contributed by atoms with Gasteiger partial charge < -0.3 is 11.5 Å². The first-order valence-corrected chi connectivity index (χ1v) is 4.72. The van der Waals surface area contributed by atoms with E-state index in [2.05, 4.69) is 10.1 Å². The maximum atomic E-state index is 10.9. The van der Waals surface area contributed by atoms with Crippen LogP contribution in [0.3, 0.4) is 0 Å². The van der Waals surface area contributed by atoms with E-state index in [0.717, 1.165) is 0 Å². The first-order valence-electron chi connectivity index (χ1n) is 4.35. The molecule has 0 aliphatic carbocycles. The number of carbonyl (C=O) groups is 1. The number of anilines is 1. The lowest BCUT2D eigenvalue weighted by molar-refractivity contribution is 0.0996. The van der Waals surface area contributed by atoms with Gasteiger partial charge in [0.25, 0.3) is 5.91 Å². The number of amides is 1. The summed E-state index contributed by atoms with van der Waals surface area (Å²) >= 11 is 5.70. The molecule has 2 aromatic heterocycles. The van der Waals surface area contributed by atoms with Crippen LogP contribution in [0.5, 0.6) is 0 Å². The third-order valence-corrected chi connectivity index (χ3v) is 2.15. The Morgan fingerprint density at radius 1 is 1.44 bits per heavy atom. The number of carbonyl (C=O) groups excluding carboxylic acids is 1. The molecule has 1 amide bonds. The van der Waals surface area contributed by atoms with Crippen molar-refractivity contribution in [2.75, 3.05) is 5.73 Å². The van der Waals surface area contributed by atoms with Crippen molar-refractivity contribution in [3.63, 3.8) is 0 Å². The van der Waals surface area contributed by atoms with Crippen LogP contribution in [0.1, 0.15) is 10.5 Å². The van der Waals surface area contributed by atoms with Crippen molar-refractivity contribution >= 4 is 23.2 Å². The number of nitrogen functional groups attached to an aromatic ring is 1. The van der Waals surface area contributed by atoms with Crippen LogP contribution in [-0.2, 0) is 0 Å². The van der Waals surface area contributed by atoms with Crippen LogP contribution in [0, 0.1) is 0 Å². The van der Waals surface area contributed by atoms with E-state index in [1.165, 1.54) is 17.1 Å². The zero-order chi connectivity index (χ0) is 11.7. The van der Waals surface area contributed by atoms with Crippen molar-refractivity contribution in [3.8, 4) is 5.82 Å². The van der Waals surface area contributed by atoms with Crippen molar-refractivity contribution in [3.05, 3.63) is 35.2 Å². The number of aromatic nitrogens is 3. The van der Waals surface area contributed by atoms with Gasteiger partial charge in [0.2, 0.25) is 0 Å². The summed E-state index contributed by atoms with van der Waals surface area (Å²) < 4.78 is 1.37. The van der Waals surface area contributed by atoms with E-state index in [1.54, 1.807) is 12.1 Å². The van der Waals surface area contributed by atoms with Crippen LogP contribution in [0.4, 0.5) is 5.69 Å². The van der Waals surface area contributed by atoms with E-state index in [-0.39, 0.29) is 11.4 Å². The number of nitrogens with two attached hydrogens (primary N) is 2. The number of hydrogen-bond acceptors (Lipinski definition) is 4. The predicted octanol–water partition coefficient (Wildman–Crippen LogP) is 0.602. The van der Waals surface area contributed by atoms with Crippen molar-refractivity contribution in [2.24, 2.45) is 5.73 Å². The second-order valence-electron chi connectivity index (χ2n) is 3.08. The largest absolute Gasteiger partial charge is 0.396 e. The Bertz CT molecular complexity index is 533. The molecule has 0 aliphatic rings. The zero-order valence-electron chi connectivity index (χ0n) is 8.09. The van der Waals surface area contributed by atoms with Gasteiger partial charge in [-0.3, -0.25) is 4.79 Å². The summed E-state index contributed by atoms with van der Waals surface area (Å²) in [6.45, 7) is 0. The van der Waals surface area contributed by atoms with E-state index in [9.17, 15) is 4.79 Å². The molecule has 0 atom stereocenters. The number of halogens is 1. The second kappa shape index (κ2) is 3.82. The summed E-state index contributed by atoms with van der Waals surface area (Å²) in [5, 5.41) is 4.43. The fourth-order valence-corrected chi connectivity index (χ4v) is 1.31. The average molecular weight is 238 g/mol. The Labute approximate surface area is 95.8 Å². The summed E-state index contributed by atoms with van der Waals surface area (Å²) in [4.78, 5) is 15.0. The molecule has 4 N–H and O–H groups in total. The maximum absolute atomic E-state index is 10.9. The molecule has 0 fully saturated rings. The van der Waals surface area contributed by atoms with Crippen molar-refractivity contribution in [2.45, 2.75) is 0 Å². The maximum Gasteiger partial charge on any atom is 0.271 e. The lowest BCUT2D eigenvalue weighted by Gasteiger charge is -1.98. The molecular formula is C9H8ClN5O. The molecule has 0 aliphatic heterocycles. The zero-order valence-corrected chi connectivity index (χ0v) is 8.85. The second-order valence-corrected chi connectivity index (χ2v) is 3.51. The minimum absolute atomic E-state index is 0.0248. The Balaban J connectivity index is 2.45. The Hall–Kier alpha value is -2.08. The Morgan fingerprint density at radius 3 is 2.69 bits per heavy atom. The van der Waals surface area contributed by atoms with Crippen LogP contribution >= 0.6 is 11.6 Å². The molecule has 0 aromatic carbocycles. The first kappa shape index (κ1) is 10.4. The first-order chi connectivity index (χ1) is 7.58. The van der Waals surface area contributed by atoms with Gasteiger partial charge in [-0.1, -0.05) is 11.6 Å². The number of hydrogen-bond donors (Lipinski definition) is 2. The molecule has 0 saturated heterocycles. The van der Waals surface area contributed by atoms with Gasteiger partial charge in [-0.2, -0.15) is 5.10 Å². The molecule has 6 nitrogen and oxygen atoms in total. The normalized spacial score (nSPS) is 10.3. The van der Waals surface area contributed by atoms with Gasteiger partial charge in [0, 0.05) is 6.20 Å². The lowest BCUT2D eigenvalue weighted by atomic mass is 10.4. The molecule has 2 rings (SSSR count). The summed E-state index contributed by atoms with van der Waals surface area (Å²) in [6, 6.07) is 3.31. The van der Waals surface area contributed by atoms with Gasteiger partial charge in [-0.05, 0) is 12.1 Å². The molecule has 16 heavy (non-hydrogen) atoms. The van der Waals surface area contributed by atoms with Crippen molar-refractivity contribution in [1.82, 2.24) is 14.8 Å². The van der Waals surface area contributed by atoms with E-state index >= 15 is 0 Å². The smallest absolute Gasteiger partial charge is 0.271 e. The fraction of sp³-hybridized carbons (Fsp3) is 0. The highest BCUT2D eigenvalue weighted by atomic mass is 35.5. The highest BCUT2D eigenvalue weighted by Crippen LogP contribution is 2.13. The standard InChI is InChI=1S/C9H8ClN5O/c10-5-1-2-7(13-3-5)15-4-6(11)8(14-15)9(12)16/h1-4H,11H2,(H2,12,16). The molecule has 0 unspecified atom stereocenters. The number of pyridine rings is 1. The molecule has 0 radical (unpaired) electrons. The average Bonchev–Trinajstić information content (AvgIpc) is 2.61. The monoisotopic (exact) mass is 237 g/mol. The molecule has 0 bridgehead atoms. The van der Waals surface area contributed by atoms with E-state index in [4.69, 9.17) is 23.1 Å². The Kier molecular flexibility index (Phi) is 2.49. The highest BCUT2D eigenvalue weighted by molar-refractivity contribution is 6.30.